The lowest BCUT2D eigenvalue weighted by molar-refractivity contribution is 0.129. The van der Waals surface area contributed by atoms with Gasteiger partial charge in [-0.2, -0.15) is 0 Å². The zero-order valence-corrected chi connectivity index (χ0v) is 16.4. The van der Waals surface area contributed by atoms with Gasteiger partial charge < -0.3 is 15.4 Å². The maximum atomic E-state index is 11.8. The van der Waals surface area contributed by atoms with Crippen molar-refractivity contribution in [2.24, 2.45) is 0 Å². The number of anilines is 1. The summed E-state index contributed by atoms with van der Waals surface area (Å²) in [5, 5.41) is 7.33. The normalized spacial score (nSPS) is 19.0. The van der Waals surface area contributed by atoms with E-state index in [-0.39, 0.29) is 18.7 Å². The standard InChI is InChI=1S/C18H17BrCl2N2O2/c19-12-6-15(20)17(16(21)7-12)22-13-8-14(9-13)23-18(24)25-10-11-4-2-1-3-5-11/h1-7,13-14,22H,8-10H2,(H,23,24). The Bertz CT molecular complexity index is 729. The van der Waals surface area contributed by atoms with E-state index < -0.39 is 6.09 Å². The molecule has 2 N–H and O–H groups in total. The van der Waals surface area contributed by atoms with Gasteiger partial charge in [0.05, 0.1) is 15.7 Å². The van der Waals surface area contributed by atoms with Crippen LogP contribution >= 0.6 is 39.1 Å². The number of ether oxygens (including phenoxy) is 1. The summed E-state index contributed by atoms with van der Waals surface area (Å²) in [6.07, 6.45) is 1.19. The number of alkyl carbamates (subject to hydrolysis) is 1. The molecule has 0 spiro atoms. The van der Waals surface area contributed by atoms with Gasteiger partial charge in [-0.25, -0.2) is 4.79 Å². The third-order valence-corrected chi connectivity index (χ3v) is 5.08. The van der Waals surface area contributed by atoms with Crippen molar-refractivity contribution in [1.29, 1.82) is 0 Å². The van der Waals surface area contributed by atoms with Crippen molar-refractivity contribution in [2.45, 2.75) is 31.5 Å². The first-order chi connectivity index (χ1) is 12.0. The van der Waals surface area contributed by atoms with Gasteiger partial charge in [-0.15, -0.1) is 0 Å². The fourth-order valence-corrected chi connectivity index (χ4v) is 3.99. The Balaban J connectivity index is 1.42. The first-order valence-corrected chi connectivity index (χ1v) is 9.44. The van der Waals surface area contributed by atoms with E-state index in [4.69, 9.17) is 27.9 Å². The van der Waals surface area contributed by atoms with Crippen LogP contribution in [0.2, 0.25) is 10.0 Å². The average molecular weight is 444 g/mol. The molecular weight excluding hydrogens is 427 g/mol. The summed E-state index contributed by atoms with van der Waals surface area (Å²) in [5.41, 5.74) is 1.69. The molecule has 2 aromatic rings. The van der Waals surface area contributed by atoms with Crippen LogP contribution in [0.4, 0.5) is 10.5 Å². The van der Waals surface area contributed by atoms with Gasteiger partial charge in [-0.3, -0.25) is 0 Å². The molecule has 0 radical (unpaired) electrons. The lowest BCUT2D eigenvalue weighted by Crippen LogP contribution is -2.49. The van der Waals surface area contributed by atoms with E-state index in [1.54, 1.807) is 12.1 Å². The number of benzene rings is 2. The van der Waals surface area contributed by atoms with Crippen LogP contribution in [0, 0.1) is 0 Å². The molecular formula is C18H17BrCl2N2O2. The Morgan fingerprint density at radius 1 is 1.12 bits per heavy atom. The van der Waals surface area contributed by atoms with Crippen LogP contribution in [0.25, 0.3) is 0 Å². The molecule has 1 aliphatic rings. The first-order valence-electron chi connectivity index (χ1n) is 7.89. The van der Waals surface area contributed by atoms with Crippen LogP contribution in [-0.2, 0) is 11.3 Å². The molecule has 0 aromatic heterocycles. The largest absolute Gasteiger partial charge is 0.445 e. The molecule has 2 aromatic carbocycles. The lowest BCUT2D eigenvalue weighted by atomic mass is 9.86. The van der Waals surface area contributed by atoms with Crippen LogP contribution in [0.5, 0.6) is 0 Å². The Morgan fingerprint density at radius 3 is 2.40 bits per heavy atom. The predicted octanol–water partition coefficient (Wildman–Crippen LogP) is 5.63. The number of halogens is 3. The minimum atomic E-state index is -0.396. The van der Waals surface area contributed by atoms with Crippen LogP contribution in [0.15, 0.2) is 46.9 Å². The molecule has 1 amide bonds. The number of nitrogens with one attached hydrogen (secondary N) is 2. The maximum absolute atomic E-state index is 11.8. The minimum absolute atomic E-state index is 0.0915. The predicted molar refractivity (Wildman–Crippen MR) is 104 cm³/mol. The summed E-state index contributed by atoms with van der Waals surface area (Å²) < 4.78 is 6.06. The molecule has 0 saturated heterocycles. The monoisotopic (exact) mass is 442 g/mol. The summed E-state index contributed by atoms with van der Waals surface area (Å²) in [6, 6.07) is 13.5. The maximum Gasteiger partial charge on any atom is 0.407 e. The van der Waals surface area contributed by atoms with Crippen LogP contribution in [-0.4, -0.2) is 18.2 Å². The van der Waals surface area contributed by atoms with Gasteiger partial charge >= 0.3 is 6.09 Å². The van der Waals surface area contributed by atoms with Crippen molar-refractivity contribution >= 4 is 50.9 Å². The van der Waals surface area contributed by atoms with Crippen molar-refractivity contribution in [2.75, 3.05) is 5.32 Å². The molecule has 0 atom stereocenters. The van der Waals surface area contributed by atoms with Gasteiger partial charge in [0.2, 0.25) is 0 Å². The molecule has 0 bridgehead atoms. The summed E-state index contributed by atoms with van der Waals surface area (Å²) in [4.78, 5) is 11.8. The first kappa shape index (κ1) is 18.4. The number of amides is 1. The van der Waals surface area contributed by atoms with E-state index in [2.05, 4.69) is 26.6 Å². The smallest absolute Gasteiger partial charge is 0.407 e. The van der Waals surface area contributed by atoms with E-state index in [0.29, 0.717) is 10.0 Å². The van der Waals surface area contributed by atoms with E-state index in [9.17, 15) is 4.79 Å². The number of rotatable bonds is 5. The zero-order valence-electron chi connectivity index (χ0n) is 13.3. The highest BCUT2D eigenvalue weighted by molar-refractivity contribution is 9.10. The third kappa shape index (κ3) is 5.03. The van der Waals surface area contributed by atoms with Gasteiger partial charge in [-0.1, -0.05) is 69.5 Å². The van der Waals surface area contributed by atoms with Crippen LogP contribution < -0.4 is 10.6 Å². The van der Waals surface area contributed by atoms with Gasteiger partial charge in [0.15, 0.2) is 0 Å². The van der Waals surface area contributed by atoms with E-state index in [1.165, 1.54) is 0 Å². The number of hydrogen-bond donors (Lipinski definition) is 2. The van der Waals surface area contributed by atoms with Crippen molar-refractivity contribution in [3.8, 4) is 0 Å². The SMILES string of the molecule is O=C(NC1CC(Nc2c(Cl)cc(Br)cc2Cl)C1)OCc1ccccc1. The second kappa shape index (κ2) is 8.30. The molecule has 0 unspecified atom stereocenters. The zero-order chi connectivity index (χ0) is 17.8. The number of carbonyl (C=O) groups excluding carboxylic acids is 1. The second-order valence-corrected chi connectivity index (χ2v) is 7.69. The van der Waals surface area contributed by atoms with E-state index in [0.717, 1.165) is 28.6 Å². The fourth-order valence-electron chi connectivity index (χ4n) is 2.67. The Kier molecular flexibility index (Phi) is 6.10. The number of hydrogen-bond acceptors (Lipinski definition) is 3. The summed E-state index contributed by atoms with van der Waals surface area (Å²) in [5.74, 6) is 0. The second-order valence-electron chi connectivity index (χ2n) is 5.96. The van der Waals surface area contributed by atoms with Gasteiger partial charge in [0.25, 0.3) is 0 Å². The van der Waals surface area contributed by atoms with Crippen molar-refractivity contribution in [3.05, 3.63) is 62.5 Å². The van der Waals surface area contributed by atoms with Gasteiger partial charge in [0.1, 0.15) is 6.61 Å². The molecule has 4 nitrogen and oxygen atoms in total. The molecule has 1 fully saturated rings. The average Bonchev–Trinajstić information content (AvgIpc) is 2.54. The highest BCUT2D eigenvalue weighted by Crippen LogP contribution is 2.36. The van der Waals surface area contributed by atoms with Gasteiger partial charge in [-0.05, 0) is 30.5 Å². The van der Waals surface area contributed by atoms with Gasteiger partial charge in [0, 0.05) is 16.6 Å². The molecule has 25 heavy (non-hydrogen) atoms. The van der Waals surface area contributed by atoms with E-state index >= 15 is 0 Å². The molecule has 1 aliphatic carbocycles. The van der Waals surface area contributed by atoms with Crippen molar-refractivity contribution < 1.29 is 9.53 Å². The van der Waals surface area contributed by atoms with E-state index in [1.807, 2.05) is 30.3 Å². The van der Waals surface area contributed by atoms with Crippen molar-refractivity contribution in [3.63, 3.8) is 0 Å². The molecule has 0 aliphatic heterocycles. The summed E-state index contributed by atoms with van der Waals surface area (Å²) in [6.45, 7) is 0.269. The Morgan fingerprint density at radius 2 is 1.76 bits per heavy atom. The molecule has 7 heteroatoms. The van der Waals surface area contributed by atoms with Crippen LogP contribution in [0.1, 0.15) is 18.4 Å². The number of carbonyl (C=O) groups is 1. The molecule has 3 rings (SSSR count). The molecule has 132 valence electrons. The fraction of sp³-hybridized carbons (Fsp3) is 0.278. The minimum Gasteiger partial charge on any atom is -0.445 e. The summed E-state index contributed by atoms with van der Waals surface area (Å²) >= 11 is 15.8. The Labute approximate surface area is 165 Å². The van der Waals surface area contributed by atoms with Crippen LogP contribution in [0.3, 0.4) is 0 Å². The molecule has 0 heterocycles. The highest BCUT2D eigenvalue weighted by Gasteiger charge is 2.31. The Hall–Kier alpha value is -1.43. The summed E-state index contributed by atoms with van der Waals surface area (Å²) in [7, 11) is 0. The lowest BCUT2D eigenvalue weighted by Gasteiger charge is -2.37. The molecule has 1 saturated carbocycles. The quantitative estimate of drug-likeness (QED) is 0.629. The highest BCUT2D eigenvalue weighted by atomic mass is 79.9. The topological polar surface area (TPSA) is 50.4 Å². The van der Waals surface area contributed by atoms with Crippen molar-refractivity contribution in [1.82, 2.24) is 5.32 Å². The third-order valence-electron chi connectivity index (χ3n) is 4.03.